The molecule has 1 saturated carbocycles. The van der Waals surface area contributed by atoms with Crippen LogP contribution in [0.15, 0.2) is 28.8 Å². The third-order valence-electron chi connectivity index (χ3n) is 4.15. The number of rotatable bonds is 4. The predicted octanol–water partition coefficient (Wildman–Crippen LogP) is 1.85. The van der Waals surface area contributed by atoms with Crippen molar-refractivity contribution in [1.82, 2.24) is 15.5 Å². The van der Waals surface area contributed by atoms with Crippen LogP contribution in [0.3, 0.4) is 0 Å². The van der Waals surface area contributed by atoms with Crippen molar-refractivity contribution in [3.05, 3.63) is 47.4 Å². The molecule has 0 spiro atoms. The zero-order valence-corrected chi connectivity index (χ0v) is 12.8. The fourth-order valence-electron chi connectivity index (χ4n) is 2.94. The minimum Gasteiger partial charge on any atom is -0.342 e. The topological polar surface area (TPSA) is 94.0 Å². The highest BCUT2D eigenvalue weighted by molar-refractivity contribution is 5.79. The highest BCUT2D eigenvalue weighted by Gasteiger charge is 2.31. The Bertz CT molecular complexity index is 703. The second kappa shape index (κ2) is 6.45. The third-order valence-corrected chi connectivity index (χ3v) is 4.15. The summed E-state index contributed by atoms with van der Waals surface area (Å²) in [6, 6.07) is 5.51. The summed E-state index contributed by atoms with van der Waals surface area (Å²) in [4.78, 5) is 16.6. The average Bonchev–Trinajstić information content (AvgIpc) is 3.14. The molecule has 1 aliphatic carbocycles. The van der Waals surface area contributed by atoms with Crippen molar-refractivity contribution in [2.24, 2.45) is 11.7 Å². The van der Waals surface area contributed by atoms with Gasteiger partial charge >= 0.3 is 0 Å². The summed E-state index contributed by atoms with van der Waals surface area (Å²) in [6.07, 6.45) is 2.20. The second-order valence-corrected chi connectivity index (χ2v) is 5.90. The maximum Gasteiger partial charge on any atom is 0.224 e. The van der Waals surface area contributed by atoms with Gasteiger partial charge in [0.1, 0.15) is 11.9 Å². The van der Waals surface area contributed by atoms with Crippen molar-refractivity contribution >= 4 is 5.91 Å². The maximum absolute atomic E-state index is 14.2. The largest absolute Gasteiger partial charge is 0.342 e. The average molecular weight is 318 g/mol. The number of aromatic nitrogens is 2. The molecule has 3 atom stereocenters. The van der Waals surface area contributed by atoms with E-state index >= 15 is 0 Å². The molecular weight excluding hydrogens is 299 g/mol. The smallest absolute Gasteiger partial charge is 0.224 e. The van der Waals surface area contributed by atoms with E-state index < -0.39 is 11.9 Å². The standard InChI is InChI=1S/C16H19FN4O2/c1-9-19-15(21-23-9)14(12-4-2-3-5-13(12)17)20-16(22)10-6-7-11(18)8-10/h2-5,10-11,14H,6-8,18H2,1H3,(H,20,22)/t10-,11-,14+/m0/s1. The Hall–Kier alpha value is -2.28. The van der Waals surface area contributed by atoms with Gasteiger partial charge in [0.05, 0.1) is 0 Å². The van der Waals surface area contributed by atoms with E-state index in [1.165, 1.54) is 6.07 Å². The van der Waals surface area contributed by atoms with Crippen LogP contribution in [0.2, 0.25) is 0 Å². The number of hydrogen-bond donors (Lipinski definition) is 2. The molecule has 0 saturated heterocycles. The minimum atomic E-state index is -0.780. The molecule has 0 unspecified atom stereocenters. The number of benzene rings is 1. The lowest BCUT2D eigenvalue weighted by atomic mass is 10.0. The van der Waals surface area contributed by atoms with Gasteiger partial charge in [-0.05, 0) is 25.3 Å². The quantitative estimate of drug-likeness (QED) is 0.897. The first kappa shape index (κ1) is 15.6. The van der Waals surface area contributed by atoms with E-state index in [9.17, 15) is 9.18 Å². The number of carbonyl (C=O) groups is 1. The van der Waals surface area contributed by atoms with Crippen LogP contribution in [0.4, 0.5) is 4.39 Å². The fourth-order valence-corrected chi connectivity index (χ4v) is 2.94. The number of halogens is 1. The Kier molecular flexibility index (Phi) is 4.38. The van der Waals surface area contributed by atoms with Gasteiger partial charge in [-0.15, -0.1) is 0 Å². The van der Waals surface area contributed by atoms with Crippen molar-refractivity contribution < 1.29 is 13.7 Å². The van der Waals surface area contributed by atoms with E-state index in [1.807, 2.05) is 0 Å². The first-order chi connectivity index (χ1) is 11.0. The minimum absolute atomic E-state index is 0.0464. The van der Waals surface area contributed by atoms with E-state index in [2.05, 4.69) is 15.5 Å². The van der Waals surface area contributed by atoms with Crippen LogP contribution in [-0.2, 0) is 4.79 Å². The lowest BCUT2D eigenvalue weighted by molar-refractivity contribution is -0.125. The number of amides is 1. The van der Waals surface area contributed by atoms with Crippen molar-refractivity contribution in [2.45, 2.75) is 38.3 Å². The van der Waals surface area contributed by atoms with Crippen LogP contribution >= 0.6 is 0 Å². The molecule has 1 aliphatic rings. The van der Waals surface area contributed by atoms with Gasteiger partial charge in [0.15, 0.2) is 5.82 Å². The number of nitrogens with zero attached hydrogens (tertiary/aromatic N) is 2. The zero-order chi connectivity index (χ0) is 16.4. The summed E-state index contributed by atoms with van der Waals surface area (Å²) in [6.45, 7) is 1.65. The number of carbonyl (C=O) groups excluding carboxylic acids is 1. The first-order valence-electron chi connectivity index (χ1n) is 7.65. The van der Waals surface area contributed by atoms with Crippen LogP contribution < -0.4 is 11.1 Å². The summed E-state index contributed by atoms with van der Waals surface area (Å²) in [7, 11) is 0. The van der Waals surface area contributed by atoms with Crippen LogP contribution in [0.5, 0.6) is 0 Å². The Morgan fingerprint density at radius 2 is 2.22 bits per heavy atom. The Morgan fingerprint density at radius 3 is 2.83 bits per heavy atom. The summed E-state index contributed by atoms with van der Waals surface area (Å²) in [5, 5.41) is 6.68. The highest BCUT2D eigenvalue weighted by Crippen LogP contribution is 2.27. The second-order valence-electron chi connectivity index (χ2n) is 5.90. The SMILES string of the molecule is Cc1nc([C@H](NC(=O)[C@H]2CC[C@H](N)C2)c2ccccc2F)no1. The van der Waals surface area contributed by atoms with E-state index in [4.69, 9.17) is 10.3 Å². The fraction of sp³-hybridized carbons (Fsp3) is 0.438. The normalized spacial score (nSPS) is 22.0. The zero-order valence-electron chi connectivity index (χ0n) is 12.8. The summed E-state index contributed by atoms with van der Waals surface area (Å²) >= 11 is 0. The molecule has 1 aromatic carbocycles. The Labute approximate surface area is 133 Å². The number of hydrogen-bond acceptors (Lipinski definition) is 5. The molecule has 6 nitrogen and oxygen atoms in total. The van der Waals surface area contributed by atoms with Gasteiger partial charge in [0.25, 0.3) is 0 Å². The molecule has 122 valence electrons. The predicted molar refractivity (Wildman–Crippen MR) is 80.7 cm³/mol. The molecule has 23 heavy (non-hydrogen) atoms. The van der Waals surface area contributed by atoms with Crippen molar-refractivity contribution in [2.75, 3.05) is 0 Å². The van der Waals surface area contributed by atoms with E-state index in [0.29, 0.717) is 17.9 Å². The maximum atomic E-state index is 14.2. The van der Waals surface area contributed by atoms with Crippen molar-refractivity contribution in [1.29, 1.82) is 0 Å². The lowest BCUT2D eigenvalue weighted by Crippen LogP contribution is -2.35. The molecule has 7 heteroatoms. The summed E-state index contributed by atoms with van der Waals surface area (Å²) in [5.41, 5.74) is 6.17. The van der Waals surface area contributed by atoms with Gasteiger partial charge in [-0.1, -0.05) is 23.4 Å². The van der Waals surface area contributed by atoms with Crippen LogP contribution in [0.1, 0.15) is 42.6 Å². The van der Waals surface area contributed by atoms with Gasteiger partial charge in [0, 0.05) is 24.4 Å². The lowest BCUT2D eigenvalue weighted by Gasteiger charge is -2.19. The Balaban J connectivity index is 1.87. The van der Waals surface area contributed by atoms with E-state index in [0.717, 1.165) is 12.8 Å². The molecule has 0 aliphatic heterocycles. The van der Waals surface area contributed by atoms with Gasteiger partial charge in [-0.2, -0.15) is 4.98 Å². The molecule has 3 rings (SSSR count). The number of aryl methyl sites for hydroxylation is 1. The van der Waals surface area contributed by atoms with E-state index in [1.54, 1.807) is 25.1 Å². The molecular formula is C16H19FN4O2. The van der Waals surface area contributed by atoms with E-state index in [-0.39, 0.29) is 23.7 Å². The van der Waals surface area contributed by atoms with Crippen LogP contribution in [0.25, 0.3) is 0 Å². The molecule has 1 amide bonds. The molecule has 0 radical (unpaired) electrons. The molecule has 0 bridgehead atoms. The molecule has 1 fully saturated rings. The Morgan fingerprint density at radius 1 is 1.43 bits per heavy atom. The van der Waals surface area contributed by atoms with Crippen LogP contribution in [-0.4, -0.2) is 22.1 Å². The first-order valence-corrected chi connectivity index (χ1v) is 7.65. The van der Waals surface area contributed by atoms with Gasteiger partial charge in [0.2, 0.25) is 11.8 Å². The number of nitrogens with two attached hydrogens (primary N) is 1. The number of nitrogens with one attached hydrogen (secondary N) is 1. The third kappa shape index (κ3) is 3.39. The summed E-state index contributed by atoms with van der Waals surface area (Å²) in [5.74, 6) is -0.147. The van der Waals surface area contributed by atoms with Crippen LogP contribution in [0, 0.1) is 18.7 Å². The van der Waals surface area contributed by atoms with Gasteiger partial charge in [-0.3, -0.25) is 4.79 Å². The molecule has 2 aromatic rings. The molecule has 1 heterocycles. The molecule has 1 aromatic heterocycles. The van der Waals surface area contributed by atoms with Crippen molar-refractivity contribution in [3.8, 4) is 0 Å². The highest BCUT2D eigenvalue weighted by atomic mass is 19.1. The van der Waals surface area contributed by atoms with Crippen molar-refractivity contribution in [3.63, 3.8) is 0 Å². The molecule has 3 N–H and O–H groups in total. The van der Waals surface area contributed by atoms with Gasteiger partial charge in [-0.25, -0.2) is 4.39 Å². The van der Waals surface area contributed by atoms with Gasteiger partial charge < -0.3 is 15.6 Å². The summed E-state index contributed by atoms with van der Waals surface area (Å²) < 4.78 is 19.1. The monoisotopic (exact) mass is 318 g/mol.